The highest BCUT2D eigenvalue weighted by molar-refractivity contribution is 7.98. The Morgan fingerprint density at radius 3 is 2.67 bits per heavy atom. The minimum atomic E-state index is -1.18. The van der Waals surface area contributed by atoms with Gasteiger partial charge in [0.05, 0.1) is 11.8 Å². The number of imide groups is 1. The van der Waals surface area contributed by atoms with Crippen LogP contribution in [0, 0.1) is 11.8 Å². The lowest BCUT2D eigenvalue weighted by Crippen LogP contribution is -2.55. The van der Waals surface area contributed by atoms with E-state index in [2.05, 4.69) is 11.9 Å². The van der Waals surface area contributed by atoms with Crippen LogP contribution in [0.1, 0.15) is 31.7 Å². The van der Waals surface area contributed by atoms with E-state index in [1.165, 1.54) is 4.90 Å². The Morgan fingerprint density at radius 1 is 1.20 bits per heavy atom. The van der Waals surface area contributed by atoms with Gasteiger partial charge >= 0.3 is 0 Å². The first-order valence-corrected chi connectivity index (χ1v) is 12.1. The lowest BCUT2D eigenvalue weighted by Gasteiger charge is -2.30. The molecular formula is C23H29N3O3S. The maximum absolute atomic E-state index is 13.8. The lowest BCUT2D eigenvalue weighted by atomic mass is 9.76. The zero-order valence-electron chi connectivity index (χ0n) is 17.6. The first-order chi connectivity index (χ1) is 14.5. The van der Waals surface area contributed by atoms with Crippen molar-refractivity contribution in [3.05, 3.63) is 42.5 Å². The summed E-state index contributed by atoms with van der Waals surface area (Å²) >= 11 is 1.71. The summed E-state index contributed by atoms with van der Waals surface area (Å²) in [6.45, 7) is 6.63. The number of nitrogens with zero attached hydrogens (tertiary/aromatic N) is 2. The molecule has 3 aliphatic rings. The number of amides is 3. The van der Waals surface area contributed by atoms with E-state index in [-0.39, 0.29) is 23.8 Å². The van der Waals surface area contributed by atoms with Crippen molar-refractivity contribution in [3.8, 4) is 0 Å². The second-order valence-electron chi connectivity index (χ2n) is 8.25. The molecule has 7 heteroatoms. The number of carbonyl (C=O) groups excluding carboxylic acids is 3. The van der Waals surface area contributed by atoms with Crippen LogP contribution in [0.2, 0.25) is 0 Å². The van der Waals surface area contributed by atoms with Gasteiger partial charge in [-0.05, 0) is 30.9 Å². The average Bonchev–Trinajstić information content (AvgIpc) is 3.31. The molecule has 0 aliphatic carbocycles. The number of unbranched alkanes of at least 4 members (excludes halogenated alkanes) is 1. The van der Waals surface area contributed by atoms with Crippen molar-refractivity contribution in [1.29, 1.82) is 0 Å². The molecule has 6 nitrogen and oxygen atoms in total. The third kappa shape index (κ3) is 2.86. The van der Waals surface area contributed by atoms with Crippen LogP contribution in [0.5, 0.6) is 0 Å². The monoisotopic (exact) mass is 427 g/mol. The van der Waals surface area contributed by atoms with Gasteiger partial charge < -0.3 is 4.90 Å². The van der Waals surface area contributed by atoms with Crippen LogP contribution in [0.15, 0.2) is 36.9 Å². The molecule has 30 heavy (non-hydrogen) atoms. The Hall–Kier alpha value is -2.12. The normalized spacial score (nSPS) is 29.8. The van der Waals surface area contributed by atoms with Gasteiger partial charge in [-0.3, -0.25) is 24.6 Å². The Morgan fingerprint density at radius 2 is 1.97 bits per heavy atom. The number of anilines is 1. The molecular weight excluding hydrogens is 398 g/mol. The standard InChI is InChI=1S/C23H29N3O3S/c1-4-6-13-26-20(27)18-16(11-14-30-3)24-23(19(18)21(26)28)15-9-7-8-10-17(15)25(12-5-2)22(23)29/h5,7-10,16,18-19,24H,2,4,6,11-14H2,1,3H3/t16-,18-,19+,23-/m1/s1. The molecule has 0 bridgehead atoms. The van der Waals surface area contributed by atoms with Gasteiger partial charge in [0.15, 0.2) is 0 Å². The number of likely N-dealkylation sites (tertiary alicyclic amines) is 1. The van der Waals surface area contributed by atoms with Gasteiger partial charge in [-0.1, -0.05) is 37.6 Å². The van der Waals surface area contributed by atoms with Crippen LogP contribution in [0.3, 0.4) is 0 Å². The molecule has 3 aliphatic heterocycles. The highest BCUT2D eigenvalue weighted by Crippen LogP contribution is 2.55. The number of para-hydroxylation sites is 1. The van der Waals surface area contributed by atoms with Gasteiger partial charge in [-0.25, -0.2) is 0 Å². The zero-order chi connectivity index (χ0) is 21.5. The van der Waals surface area contributed by atoms with Gasteiger partial charge in [0.1, 0.15) is 5.54 Å². The number of hydrogen-bond donors (Lipinski definition) is 1. The molecule has 0 saturated carbocycles. The first-order valence-electron chi connectivity index (χ1n) is 10.7. The number of fused-ring (bicyclic) bond motifs is 4. The maximum atomic E-state index is 13.8. The second kappa shape index (κ2) is 8.19. The molecule has 3 heterocycles. The van der Waals surface area contributed by atoms with Gasteiger partial charge in [0.2, 0.25) is 11.8 Å². The van der Waals surface area contributed by atoms with Crippen LogP contribution >= 0.6 is 11.8 Å². The third-order valence-electron chi connectivity index (χ3n) is 6.64. The smallest absolute Gasteiger partial charge is 0.253 e. The Bertz CT molecular complexity index is 888. The fraction of sp³-hybridized carbons (Fsp3) is 0.522. The summed E-state index contributed by atoms with van der Waals surface area (Å²) in [5.74, 6) is -0.815. The molecule has 2 saturated heterocycles. The molecule has 1 spiro atoms. The average molecular weight is 428 g/mol. The Kier molecular flexibility index (Phi) is 5.77. The molecule has 1 N–H and O–H groups in total. The summed E-state index contributed by atoms with van der Waals surface area (Å²) < 4.78 is 0. The van der Waals surface area contributed by atoms with Crippen molar-refractivity contribution in [3.63, 3.8) is 0 Å². The topological polar surface area (TPSA) is 69.7 Å². The van der Waals surface area contributed by atoms with Crippen molar-refractivity contribution < 1.29 is 14.4 Å². The molecule has 0 aromatic heterocycles. The minimum Gasteiger partial charge on any atom is -0.306 e. The van der Waals surface area contributed by atoms with E-state index in [1.54, 1.807) is 22.7 Å². The molecule has 160 valence electrons. The summed E-state index contributed by atoms with van der Waals surface area (Å²) in [6, 6.07) is 7.42. The molecule has 4 atom stereocenters. The number of hydrogen-bond acceptors (Lipinski definition) is 5. The molecule has 0 unspecified atom stereocenters. The first kappa shape index (κ1) is 21.1. The highest BCUT2D eigenvalue weighted by atomic mass is 32.2. The van der Waals surface area contributed by atoms with E-state index in [9.17, 15) is 14.4 Å². The fourth-order valence-electron chi connectivity index (χ4n) is 5.35. The molecule has 4 rings (SSSR count). The second-order valence-corrected chi connectivity index (χ2v) is 9.23. The van der Waals surface area contributed by atoms with Crippen LogP contribution in [0.4, 0.5) is 5.69 Å². The number of benzene rings is 1. The van der Waals surface area contributed by atoms with Gasteiger partial charge in [0.25, 0.3) is 5.91 Å². The van der Waals surface area contributed by atoms with Crippen molar-refractivity contribution in [2.75, 3.05) is 30.0 Å². The predicted octanol–water partition coefficient (Wildman–Crippen LogP) is 2.54. The van der Waals surface area contributed by atoms with E-state index in [0.29, 0.717) is 13.1 Å². The summed E-state index contributed by atoms with van der Waals surface area (Å²) in [5, 5.41) is 3.53. The number of carbonyl (C=O) groups is 3. The summed E-state index contributed by atoms with van der Waals surface area (Å²) in [6.07, 6.45) is 6.14. The van der Waals surface area contributed by atoms with Crippen LogP contribution in [0.25, 0.3) is 0 Å². The molecule has 0 radical (unpaired) electrons. The fourth-order valence-corrected chi connectivity index (χ4v) is 5.84. The van der Waals surface area contributed by atoms with Gasteiger partial charge in [-0.15, -0.1) is 6.58 Å². The van der Waals surface area contributed by atoms with Gasteiger partial charge in [0, 0.05) is 30.4 Å². The third-order valence-corrected chi connectivity index (χ3v) is 7.28. The molecule has 2 fully saturated rings. The molecule has 1 aromatic rings. The summed E-state index contributed by atoms with van der Waals surface area (Å²) in [7, 11) is 0. The van der Waals surface area contributed by atoms with Crippen LogP contribution in [-0.2, 0) is 19.9 Å². The number of rotatable bonds is 8. The van der Waals surface area contributed by atoms with Crippen molar-refractivity contribution in [2.45, 2.75) is 37.8 Å². The SMILES string of the molecule is C=CCN1C(=O)[C@@]2(N[C@H](CCSC)[C@H]3C(=O)N(CCCC)C(=O)[C@H]32)c2ccccc21. The van der Waals surface area contributed by atoms with E-state index >= 15 is 0 Å². The minimum absolute atomic E-state index is 0.124. The van der Waals surface area contributed by atoms with E-state index in [1.807, 2.05) is 37.4 Å². The Labute approximate surface area is 182 Å². The van der Waals surface area contributed by atoms with Crippen molar-refractivity contribution in [2.24, 2.45) is 11.8 Å². The van der Waals surface area contributed by atoms with Crippen LogP contribution < -0.4 is 10.2 Å². The Balaban J connectivity index is 1.83. The molecule has 1 aromatic carbocycles. The van der Waals surface area contributed by atoms with E-state index < -0.39 is 17.4 Å². The quantitative estimate of drug-likeness (QED) is 0.510. The lowest BCUT2D eigenvalue weighted by molar-refractivity contribution is -0.143. The largest absolute Gasteiger partial charge is 0.306 e. The van der Waals surface area contributed by atoms with Gasteiger partial charge in [-0.2, -0.15) is 11.8 Å². The maximum Gasteiger partial charge on any atom is 0.253 e. The van der Waals surface area contributed by atoms with Crippen LogP contribution in [-0.4, -0.2) is 53.8 Å². The molecule has 3 amide bonds. The predicted molar refractivity (Wildman–Crippen MR) is 119 cm³/mol. The zero-order valence-corrected chi connectivity index (χ0v) is 18.4. The summed E-state index contributed by atoms with van der Waals surface area (Å²) in [5.41, 5.74) is 0.421. The highest BCUT2D eigenvalue weighted by Gasteiger charge is 2.71. The van der Waals surface area contributed by atoms with Crippen molar-refractivity contribution in [1.82, 2.24) is 10.2 Å². The number of thioether (sulfide) groups is 1. The van der Waals surface area contributed by atoms with E-state index in [4.69, 9.17) is 0 Å². The number of nitrogens with one attached hydrogen (secondary N) is 1. The van der Waals surface area contributed by atoms with Crippen molar-refractivity contribution >= 4 is 35.2 Å². The van der Waals surface area contributed by atoms with E-state index in [0.717, 1.165) is 36.3 Å². The summed E-state index contributed by atoms with van der Waals surface area (Å²) in [4.78, 5) is 43.9.